The quantitative estimate of drug-likeness (QED) is 0.864. The summed E-state index contributed by atoms with van der Waals surface area (Å²) in [6.45, 7) is 3.84. The standard InChI is InChI=1S/C19H24N2O3/c1-12(2)15-9-18(23)21(19(24)10-15)11-17(22)20-16-7-6-13-4-3-5-14(13)8-16/h6-8,12,15H,3-5,9-11H2,1-2H3,(H,20,22). The minimum absolute atomic E-state index is 0.0843. The van der Waals surface area contributed by atoms with Crippen LogP contribution in [0.1, 0.15) is 44.2 Å². The molecule has 1 heterocycles. The molecule has 1 aromatic rings. The topological polar surface area (TPSA) is 66.5 Å². The van der Waals surface area contributed by atoms with Crippen LogP contribution in [0.25, 0.3) is 0 Å². The molecular formula is C19H24N2O3. The van der Waals surface area contributed by atoms with E-state index in [0.29, 0.717) is 18.8 Å². The average Bonchev–Trinajstić information content (AvgIpc) is 2.98. The molecule has 3 rings (SSSR count). The molecule has 1 aliphatic carbocycles. The first-order chi connectivity index (χ1) is 11.4. The Bertz CT molecular complexity index is 663. The molecule has 128 valence electrons. The zero-order chi connectivity index (χ0) is 17.3. The molecule has 1 fully saturated rings. The van der Waals surface area contributed by atoms with Gasteiger partial charge in [-0.2, -0.15) is 0 Å². The van der Waals surface area contributed by atoms with E-state index in [0.717, 1.165) is 29.8 Å². The Morgan fingerprint density at radius 2 is 1.83 bits per heavy atom. The van der Waals surface area contributed by atoms with E-state index in [1.54, 1.807) is 0 Å². The normalized spacial score (nSPS) is 18.2. The summed E-state index contributed by atoms with van der Waals surface area (Å²) < 4.78 is 0. The van der Waals surface area contributed by atoms with Crippen molar-refractivity contribution in [3.8, 4) is 0 Å². The van der Waals surface area contributed by atoms with Crippen molar-refractivity contribution < 1.29 is 14.4 Å². The van der Waals surface area contributed by atoms with E-state index in [1.165, 1.54) is 11.1 Å². The molecule has 1 aliphatic heterocycles. The van der Waals surface area contributed by atoms with Gasteiger partial charge in [-0.15, -0.1) is 0 Å². The number of nitrogens with one attached hydrogen (secondary N) is 1. The third-order valence-corrected chi connectivity index (χ3v) is 5.10. The van der Waals surface area contributed by atoms with E-state index in [-0.39, 0.29) is 30.2 Å². The van der Waals surface area contributed by atoms with E-state index < -0.39 is 0 Å². The molecule has 1 aromatic carbocycles. The number of anilines is 1. The van der Waals surface area contributed by atoms with E-state index in [2.05, 4.69) is 5.32 Å². The fraction of sp³-hybridized carbons (Fsp3) is 0.526. The molecule has 3 amide bonds. The number of aryl methyl sites for hydroxylation is 2. The SMILES string of the molecule is CC(C)C1CC(=O)N(CC(=O)Nc2ccc3c(c2)CCC3)C(=O)C1. The van der Waals surface area contributed by atoms with Gasteiger partial charge in [-0.1, -0.05) is 19.9 Å². The van der Waals surface area contributed by atoms with Gasteiger partial charge in [-0.05, 0) is 54.4 Å². The molecule has 0 aromatic heterocycles. The lowest BCUT2D eigenvalue weighted by atomic mass is 9.86. The minimum atomic E-state index is -0.322. The molecule has 0 spiro atoms. The summed E-state index contributed by atoms with van der Waals surface area (Å²) in [5.74, 6) is -0.429. The summed E-state index contributed by atoms with van der Waals surface area (Å²) >= 11 is 0. The van der Waals surface area contributed by atoms with Crippen LogP contribution in [-0.2, 0) is 27.2 Å². The van der Waals surface area contributed by atoms with Crippen LogP contribution in [0.5, 0.6) is 0 Å². The van der Waals surface area contributed by atoms with Crippen LogP contribution in [0.3, 0.4) is 0 Å². The van der Waals surface area contributed by atoms with Crippen molar-refractivity contribution >= 4 is 23.4 Å². The predicted molar refractivity (Wildman–Crippen MR) is 91.4 cm³/mol. The number of piperidine rings is 1. The van der Waals surface area contributed by atoms with Crippen LogP contribution < -0.4 is 5.32 Å². The van der Waals surface area contributed by atoms with Gasteiger partial charge in [0.1, 0.15) is 6.54 Å². The van der Waals surface area contributed by atoms with Crippen LogP contribution in [-0.4, -0.2) is 29.2 Å². The zero-order valence-electron chi connectivity index (χ0n) is 14.3. The lowest BCUT2D eigenvalue weighted by Gasteiger charge is -2.31. The second-order valence-electron chi connectivity index (χ2n) is 7.17. The first-order valence-electron chi connectivity index (χ1n) is 8.69. The summed E-state index contributed by atoms with van der Waals surface area (Å²) in [4.78, 5) is 37.7. The molecule has 0 atom stereocenters. The van der Waals surface area contributed by atoms with Gasteiger partial charge in [-0.25, -0.2) is 0 Å². The van der Waals surface area contributed by atoms with Gasteiger partial charge in [0.05, 0.1) is 0 Å². The molecule has 2 aliphatic rings. The van der Waals surface area contributed by atoms with Crippen LogP contribution in [0.2, 0.25) is 0 Å². The first kappa shape index (κ1) is 16.7. The number of amides is 3. The molecule has 1 N–H and O–H groups in total. The van der Waals surface area contributed by atoms with Crippen molar-refractivity contribution in [2.75, 3.05) is 11.9 Å². The van der Waals surface area contributed by atoms with Crippen LogP contribution >= 0.6 is 0 Å². The van der Waals surface area contributed by atoms with Crippen molar-refractivity contribution in [2.24, 2.45) is 11.8 Å². The van der Waals surface area contributed by atoms with Gasteiger partial charge in [0.2, 0.25) is 17.7 Å². The highest BCUT2D eigenvalue weighted by molar-refractivity contribution is 6.03. The summed E-state index contributed by atoms with van der Waals surface area (Å²) in [6, 6.07) is 5.92. The van der Waals surface area contributed by atoms with E-state index in [1.807, 2.05) is 32.0 Å². The van der Waals surface area contributed by atoms with Gasteiger partial charge < -0.3 is 5.32 Å². The fourth-order valence-corrected chi connectivity index (χ4v) is 3.52. The number of carbonyl (C=O) groups excluding carboxylic acids is 3. The van der Waals surface area contributed by atoms with Gasteiger partial charge in [0.25, 0.3) is 0 Å². The molecule has 0 saturated carbocycles. The maximum Gasteiger partial charge on any atom is 0.244 e. The lowest BCUT2D eigenvalue weighted by molar-refractivity contribution is -0.152. The van der Waals surface area contributed by atoms with Gasteiger partial charge >= 0.3 is 0 Å². The molecule has 5 nitrogen and oxygen atoms in total. The number of imide groups is 1. The maximum atomic E-state index is 12.2. The molecule has 0 unspecified atom stereocenters. The smallest absolute Gasteiger partial charge is 0.244 e. The van der Waals surface area contributed by atoms with Crippen molar-refractivity contribution in [1.29, 1.82) is 0 Å². The van der Waals surface area contributed by atoms with Crippen LogP contribution in [0.15, 0.2) is 18.2 Å². The number of hydrogen-bond donors (Lipinski definition) is 1. The zero-order valence-corrected chi connectivity index (χ0v) is 14.3. The Hall–Kier alpha value is -2.17. The van der Waals surface area contributed by atoms with E-state index >= 15 is 0 Å². The summed E-state index contributed by atoms with van der Waals surface area (Å²) in [7, 11) is 0. The number of fused-ring (bicyclic) bond motifs is 1. The van der Waals surface area contributed by atoms with Gasteiger partial charge in [0, 0.05) is 18.5 Å². The highest BCUT2D eigenvalue weighted by Crippen LogP contribution is 2.27. The van der Waals surface area contributed by atoms with Crippen LogP contribution in [0.4, 0.5) is 5.69 Å². The minimum Gasteiger partial charge on any atom is -0.325 e. The number of benzene rings is 1. The third kappa shape index (κ3) is 3.50. The second-order valence-corrected chi connectivity index (χ2v) is 7.17. The summed E-state index contributed by atoms with van der Waals surface area (Å²) in [6.07, 6.45) is 3.97. The van der Waals surface area contributed by atoms with Gasteiger partial charge in [0.15, 0.2) is 0 Å². The number of likely N-dealkylation sites (tertiary alicyclic amines) is 1. The Morgan fingerprint density at radius 1 is 1.17 bits per heavy atom. The molecule has 0 bridgehead atoms. The van der Waals surface area contributed by atoms with Crippen molar-refractivity contribution in [1.82, 2.24) is 4.90 Å². The maximum absolute atomic E-state index is 12.2. The lowest BCUT2D eigenvalue weighted by Crippen LogP contribution is -2.47. The molecule has 0 radical (unpaired) electrons. The number of hydrogen-bond acceptors (Lipinski definition) is 3. The van der Waals surface area contributed by atoms with E-state index in [4.69, 9.17) is 0 Å². The van der Waals surface area contributed by atoms with Crippen molar-refractivity contribution in [3.63, 3.8) is 0 Å². The Balaban J connectivity index is 1.60. The van der Waals surface area contributed by atoms with E-state index in [9.17, 15) is 14.4 Å². The monoisotopic (exact) mass is 328 g/mol. The summed E-state index contributed by atoms with van der Waals surface area (Å²) in [5.41, 5.74) is 3.35. The average molecular weight is 328 g/mol. The molecular weight excluding hydrogens is 304 g/mol. The Kier molecular flexibility index (Phi) is 4.69. The third-order valence-electron chi connectivity index (χ3n) is 5.10. The second kappa shape index (κ2) is 6.75. The first-order valence-corrected chi connectivity index (χ1v) is 8.69. The van der Waals surface area contributed by atoms with Crippen molar-refractivity contribution in [2.45, 2.75) is 46.0 Å². The van der Waals surface area contributed by atoms with Crippen LogP contribution in [0, 0.1) is 11.8 Å². The fourth-order valence-electron chi connectivity index (χ4n) is 3.52. The highest BCUT2D eigenvalue weighted by atomic mass is 16.2. The summed E-state index contributed by atoms with van der Waals surface area (Å²) in [5, 5.41) is 2.81. The van der Waals surface area contributed by atoms with Gasteiger partial charge in [-0.3, -0.25) is 19.3 Å². The highest BCUT2D eigenvalue weighted by Gasteiger charge is 2.34. The number of carbonyl (C=O) groups is 3. The number of rotatable bonds is 4. The Labute approximate surface area is 142 Å². The molecule has 5 heteroatoms. The largest absolute Gasteiger partial charge is 0.325 e. The molecule has 24 heavy (non-hydrogen) atoms. The van der Waals surface area contributed by atoms with Crippen molar-refractivity contribution in [3.05, 3.63) is 29.3 Å². The Morgan fingerprint density at radius 3 is 2.50 bits per heavy atom. The molecule has 1 saturated heterocycles. The predicted octanol–water partition coefficient (Wildman–Crippen LogP) is 2.54. The number of nitrogens with zero attached hydrogens (tertiary/aromatic N) is 1.